The van der Waals surface area contributed by atoms with Gasteiger partial charge in [0.05, 0.1) is 11.8 Å². The molecule has 1 aromatic heterocycles. The first-order valence-electron chi connectivity index (χ1n) is 4.81. The summed E-state index contributed by atoms with van der Waals surface area (Å²) >= 11 is 1.16. The molecule has 0 spiro atoms. The smallest absolute Gasteiger partial charge is 0.313 e. The van der Waals surface area contributed by atoms with Crippen LogP contribution in [0.4, 0.5) is 0 Å². The summed E-state index contributed by atoms with van der Waals surface area (Å²) in [6.07, 6.45) is 2.42. The summed E-state index contributed by atoms with van der Waals surface area (Å²) in [7, 11) is 0. The number of carbonyl (C=O) groups is 1. The van der Waals surface area contributed by atoms with Crippen LogP contribution in [0, 0.1) is 5.92 Å². The lowest BCUT2D eigenvalue weighted by Crippen LogP contribution is -2.11. The zero-order valence-corrected chi connectivity index (χ0v) is 9.15. The number of nitrogens with zero attached hydrogens (tertiary/aromatic N) is 4. The van der Waals surface area contributed by atoms with Crippen molar-refractivity contribution in [1.29, 1.82) is 0 Å². The number of tetrazole rings is 1. The highest BCUT2D eigenvalue weighted by Gasteiger charge is 2.31. The first-order chi connectivity index (χ1) is 7.18. The maximum Gasteiger partial charge on any atom is 0.313 e. The first kappa shape index (κ1) is 10.4. The van der Waals surface area contributed by atoms with Gasteiger partial charge >= 0.3 is 5.97 Å². The molecule has 0 bridgehead atoms. The number of thioether (sulfide) groups is 1. The molecular weight excluding hydrogens is 216 g/mol. The molecule has 1 saturated carbocycles. The van der Waals surface area contributed by atoms with E-state index >= 15 is 0 Å². The van der Waals surface area contributed by atoms with E-state index in [1.165, 1.54) is 12.8 Å². The standard InChI is InChI=1S/C8H12N4O2S/c1-5(6-2-3-6)12-8(9-10-11-12)15-4-7(13)14/h5-6H,2-4H2,1H3,(H,13,14). The number of aromatic nitrogens is 4. The lowest BCUT2D eigenvalue weighted by molar-refractivity contribution is -0.133. The van der Waals surface area contributed by atoms with Crippen molar-refractivity contribution in [3.05, 3.63) is 0 Å². The van der Waals surface area contributed by atoms with Gasteiger partial charge in [-0.25, -0.2) is 4.68 Å². The van der Waals surface area contributed by atoms with Gasteiger partial charge in [-0.2, -0.15) is 0 Å². The lowest BCUT2D eigenvalue weighted by Gasteiger charge is -2.10. The number of rotatable bonds is 5. The normalized spacial score (nSPS) is 17.7. The molecule has 1 atom stereocenters. The fraction of sp³-hybridized carbons (Fsp3) is 0.750. The van der Waals surface area contributed by atoms with Crippen molar-refractivity contribution in [1.82, 2.24) is 20.2 Å². The molecule has 0 saturated heterocycles. The topological polar surface area (TPSA) is 80.9 Å². The molecule has 0 aromatic carbocycles. The number of hydrogen-bond acceptors (Lipinski definition) is 5. The highest BCUT2D eigenvalue weighted by atomic mass is 32.2. The highest BCUT2D eigenvalue weighted by Crippen LogP contribution is 2.39. The van der Waals surface area contributed by atoms with Crippen LogP contribution >= 0.6 is 11.8 Å². The zero-order valence-electron chi connectivity index (χ0n) is 8.33. The molecule has 1 aliphatic carbocycles. The van der Waals surface area contributed by atoms with Crippen LogP contribution in [0.3, 0.4) is 0 Å². The second-order valence-corrected chi connectivity index (χ2v) is 4.61. The third-order valence-electron chi connectivity index (χ3n) is 2.48. The van der Waals surface area contributed by atoms with Crippen molar-refractivity contribution in [2.24, 2.45) is 5.92 Å². The van der Waals surface area contributed by atoms with Gasteiger partial charge in [-0.05, 0) is 36.1 Å². The maximum atomic E-state index is 10.4. The van der Waals surface area contributed by atoms with E-state index in [1.54, 1.807) is 4.68 Å². The summed E-state index contributed by atoms with van der Waals surface area (Å²) in [6.45, 7) is 2.07. The van der Waals surface area contributed by atoms with Gasteiger partial charge in [0, 0.05) is 0 Å². The zero-order chi connectivity index (χ0) is 10.8. The minimum absolute atomic E-state index is 0.00222. The summed E-state index contributed by atoms with van der Waals surface area (Å²) in [6, 6.07) is 0.274. The Morgan fingerprint density at radius 1 is 1.73 bits per heavy atom. The average Bonchev–Trinajstić information content (AvgIpc) is 2.93. The molecular formula is C8H12N4O2S. The molecule has 2 rings (SSSR count). The second-order valence-electron chi connectivity index (χ2n) is 3.67. The van der Waals surface area contributed by atoms with E-state index in [-0.39, 0.29) is 11.8 Å². The van der Waals surface area contributed by atoms with Crippen molar-refractivity contribution in [2.45, 2.75) is 31.0 Å². The number of aliphatic carboxylic acids is 1. The van der Waals surface area contributed by atoms with E-state index in [1.807, 2.05) is 0 Å². The molecule has 0 amide bonds. The quantitative estimate of drug-likeness (QED) is 0.751. The van der Waals surface area contributed by atoms with Crippen LogP contribution in [-0.4, -0.2) is 37.0 Å². The number of carboxylic acid groups (broad SMARTS) is 1. The van der Waals surface area contributed by atoms with Crippen molar-refractivity contribution in [2.75, 3.05) is 5.75 Å². The molecule has 1 unspecified atom stereocenters. The molecule has 1 fully saturated rings. The Hall–Kier alpha value is -1.11. The van der Waals surface area contributed by atoms with E-state index in [0.29, 0.717) is 11.1 Å². The first-order valence-corrected chi connectivity index (χ1v) is 5.79. The van der Waals surface area contributed by atoms with Gasteiger partial charge in [0.1, 0.15) is 0 Å². The minimum Gasteiger partial charge on any atom is -0.481 e. The van der Waals surface area contributed by atoms with Gasteiger partial charge in [0.15, 0.2) is 0 Å². The SMILES string of the molecule is CC(C1CC1)n1nnnc1SCC(=O)O. The summed E-state index contributed by atoms with van der Waals surface area (Å²) in [5.74, 6) is -0.205. The molecule has 1 N–H and O–H groups in total. The van der Waals surface area contributed by atoms with E-state index in [9.17, 15) is 4.79 Å². The lowest BCUT2D eigenvalue weighted by atomic mass is 10.2. The van der Waals surface area contributed by atoms with Crippen LogP contribution in [0.25, 0.3) is 0 Å². The minimum atomic E-state index is -0.853. The van der Waals surface area contributed by atoms with Gasteiger partial charge in [-0.3, -0.25) is 4.79 Å². The van der Waals surface area contributed by atoms with Crippen LogP contribution in [0.2, 0.25) is 0 Å². The average molecular weight is 228 g/mol. The van der Waals surface area contributed by atoms with Crippen LogP contribution in [0.5, 0.6) is 0 Å². The Balaban J connectivity index is 2.03. The summed E-state index contributed by atoms with van der Waals surface area (Å²) in [5.41, 5.74) is 0. The van der Waals surface area contributed by atoms with E-state index in [0.717, 1.165) is 11.8 Å². The largest absolute Gasteiger partial charge is 0.481 e. The van der Waals surface area contributed by atoms with Gasteiger partial charge < -0.3 is 5.11 Å². The van der Waals surface area contributed by atoms with Crippen molar-refractivity contribution < 1.29 is 9.90 Å². The highest BCUT2D eigenvalue weighted by molar-refractivity contribution is 7.99. The molecule has 7 heteroatoms. The monoisotopic (exact) mass is 228 g/mol. The Kier molecular flexibility index (Phi) is 2.90. The van der Waals surface area contributed by atoms with E-state index < -0.39 is 5.97 Å². The van der Waals surface area contributed by atoms with Crippen LogP contribution < -0.4 is 0 Å². The van der Waals surface area contributed by atoms with Gasteiger partial charge in [-0.15, -0.1) is 5.10 Å². The van der Waals surface area contributed by atoms with Crippen LogP contribution in [0.1, 0.15) is 25.8 Å². The summed E-state index contributed by atoms with van der Waals surface area (Å²) in [4.78, 5) is 10.4. The molecule has 15 heavy (non-hydrogen) atoms. The Labute approximate surface area is 91.0 Å². The third-order valence-corrected chi connectivity index (χ3v) is 3.40. The molecule has 1 heterocycles. The Morgan fingerprint density at radius 2 is 2.47 bits per heavy atom. The molecule has 82 valence electrons. The van der Waals surface area contributed by atoms with E-state index in [4.69, 9.17) is 5.11 Å². The summed E-state index contributed by atoms with van der Waals surface area (Å²) in [5, 5.41) is 20.5. The Morgan fingerprint density at radius 3 is 3.07 bits per heavy atom. The molecule has 6 nitrogen and oxygen atoms in total. The number of hydrogen-bond donors (Lipinski definition) is 1. The predicted octanol–water partition coefficient (Wildman–Crippen LogP) is 0.821. The fourth-order valence-corrected chi connectivity index (χ4v) is 2.12. The van der Waals surface area contributed by atoms with Crippen molar-refractivity contribution in [3.8, 4) is 0 Å². The maximum absolute atomic E-state index is 10.4. The van der Waals surface area contributed by atoms with Crippen LogP contribution in [-0.2, 0) is 4.79 Å². The fourth-order valence-electron chi connectivity index (χ4n) is 1.44. The van der Waals surface area contributed by atoms with Gasteiger partial charge in [-0.1, -0.05) is 11.8 Å². The molecule has 0 radical (unpaired) electrons. The van der Waals surface area contributed by atoms with Gasteiger partial charge in [0.25, 0.3) is 0 Å². The predicted molar refractivity (Wildman–Crippen MR) is 53.6 cm³/mol. The van der Waals surface area contributed by atoms with Crippen molar-refractivity contribution >= 4 is 17.7 Å². The van der Waals surface area contributed by atoms with Gasteiger partial charge in [0.2, 0.25) is 5.16 Å². The molecule has 1 aliphatic rings. The third kappa shape index (κ3) is 2.47. The van der Waals surface area contributed by atoms with Crippen LogP contribution in [0.15, 0.2) is 5.16 Å². The Bertz CT molecular complexity index is 363. The van der Waals surface area contributed by atoms with Crippen molar-refractivity contribution in [3.63, 3.8) is 0 Å². The second kappa shape index (κ2) is 4.18. The molecule has 1 aromatic rings. The number of carboxylic acids is 1. The van der Waals surface area contributed by atoms with E-state index in [2.05, 4.69) is 22.4 Å². The summed E-state index contributed by atoms with van der Waals surface area (Å²) < 4.78 is 1.73. The molecule has 0 aliphatic heterocycles.